The van der Waals surface area contributed by atoms with Crippen molar-refractivity contribution in [2.24, 2.45) is 11.7 Å². The van der Waals surface area contributed by atoms with Gasteiger partial charge in [-0.05, 0) is 31.2 Å². The Morgan fingerprint density at radius 1 is 1.15 bits per heavy atom. The van der Waals surface area contributed by atoms with E-state index in [0.717, 1.165) is 0 Å². The van der Waals surface area contributed by atoms with Crippen LogP contribution < -0.4 is 15.8 Å². The average molecular weight is 418 g/mol. The number of carboxylic acids is 1. The highest BCUT2D eigenvalue weighted by molar-refractivity contribution is 6.48. The zero-order valence-electron chi connectivity index (χ0n) is 13.5. The molecule has 0 radical (unpaired) electrons. The molecule has 2 amide bonds. The molecular weight excluding hydrogens is 403 g/mol. The van der Waals surface area contributed by atoms with Crippen LogP contribution in [0.2, 0.25) is 15.1 Å². The molecule has 26 heavy (non-hydrogen) atoms. The maximum Gasteiger partial charge on any atom is 0.315 e. The number of ether oxygens (including phenoxy) is 1. The summed E-state index contributed by atoms with van der Waals surface area (Å²) in [6, 6.07) is 10.1. The Balaban J connectivity index is 2.72. The number of carbonyl (C=O) groups excluding carboxylic acids is 1. The quantitative estimate of drug-likeness (QED) is 0.482. The van der Waals surface area contributed by atoms with Gasteiger partial charge in [-0.1, -0.05) is 53.0 Å². The molecule has 2 unspecified atom stereocenters. The number of halogens is 3. The number of aliphatic carboxylic acids is 1. The molecular formula is C17H15Cl3N2O4. The van der Waals surface area contributed by atoms with Crippen molar-refractivity contribution in [3.05, 3.63) is 63.1 Å². The van der Waals surface area contributed by atoms with Crippen LogP contribution in [0.4, 0.5) is 4.79 Å². The highest BCUT2D eigenvalue weighted by Gasteiger charge is 2.46. The van der Waals surface area contributed by atoms with Crippen molar-refractivity contribution in [3.63, 3.8) is 0 Å². The van der Waals surface area contributed by atoms with Crippen molar-refractivity contribution in [2.75, 3.05) is 0 Å². The van der Waals surface area contributed by atoms with Crippen molar-refractivity contribution >= 4 is 46.8 Å². The first kappa shape index (κ1) is 20.2. The Morgan fingerprint density at radius 2 is 1.69 bits per heavy atom. The molecule has 0 saturated heterocycles. The number of hydrogen-bond acceptors (Lipinski definition) is 3. The Morgan fingerprint density at radius 3 is 2.15 bits per heavy atom. The highest BCUT2D eigenvalue weighted by Crippen LogP contribution is 2.39. The molecule has 0 spiro atoms. The highest BCUT2D eigenvalue weighted by atomic mass is 35.5. The van der Waals surface area contributed by atoms with Gasteiger partial charge in [0.05, 0.1) is 15.1 Å². The van der Waals surface area contributed by atoms with Gasteiger partial charge in [0.1, 0.15) is 11.7 Å². The fourth-order valence-corrected chi connectivity index (χ4v) is 3.00. The summed E-state index contributed by atoms with van der Waals surface area (Å²) in [6.07, 6.45) is 0. The van der Waals surface area contributed by atoms with Gasteiger partial charge < -0.3 is 15.6 Å². The van der Waals surface area contributed by atoms with Crippen LogP contribution in [0.3, 0.4) is 0 Å². The summed E-state index contributed by atoms with van der Waals surface area (Å²) < 4.78 is 5.92. The van der Waals surface area contributed by atoms with E-state index in [2.05, 4.69) is 5.32 Å². The predicted molar refractivity (Wildman–Crippen MR) is 99.7 cm³/mol. The molecule has 9 heteroatoms. The summed E-state index contributed by atoms with van der Waals surface area (Å²) in [4.78, 5) is 23.5. The lowest BCUT2D eigenvalue weighted by atomic mass is 9.89. The molecule has 0 bridgehead atoms. The van der Waals surface area contributed by atoms with Crippen LogP contribution in [-0.2, 0) is 10.5 Å². The number of para-hydroxylation sites is 1. The zero-order chi connectivity index (χ0) is 19.5. The molecule has 2 aromatic carbocycles. The first-order chi connectivity index (χ1) is 12.2. The van der Waals surface area contributed by atoms with Gasteiger partial charge in [0.2, 0.25) is 5.72 Å². The monoisotopic (exact) mass is 416 g/mol. The SMILES string of the molecule is CC(C(=O)O)C(NC(N)=O)(Oc1ccccc1)c1cc(Cl)c(Cl)c(Cl)c1. The van der Waals surface area contributed by atoms with Crippen LogP contribution in [0.5, 0.6) is 5.75 Å². The number of rotatable bonds is 6. The number of carbonyl (C=O) groups is 2. The van der Waals surface area contributed by atoms with E-state index in [4.69, 9.17) is 45.3 Å². The normalized spacial score (nSPS) is 14.2. The predicted octanol–water partition coefficient (Wildman–Crippen LogP) is 4.27. The smallest absolute Gasteiger partial charge is 0.315 e. The number of primary amides is 1. The molecule has 0 fully saturated rings. The number of carboxylic acid groups (broad SMARTS) is 1. The summed E-state index contributed by atoms with van der Waals surface area (Å²) in [5.41, 5.74) is 3.60. The third kappa shape index (κ3) is 4.15. The second-order valence-electron chi connectivity index (χ2n) is 5.45. The summed E-state index contributed by atoms with van der Waals surface area (Å²) in [5, 5.41) is 12.2. The Bertz CT molecular complexity index is 809. The van der Waals surface area contributed by atoms with E-state index in [0.29, 0.717) is 5.75 Å². The number of amides is 2. The molecule has 0 saturated carbocycles. The number of urea groups is 1. The molecule has 0 heterocycles. The molecule has 2 atom stereocenters. The third-order valence-corrected chi connectivity index (χ3v) is 4.92. The van der Waals surface area contributed by atoms with Gasteiger partial charge in [0.25, 0.3) is 0 Å². The van der Waals surface area contributed by atoms with Crippen LogP contribution in [-0.4, -0.2) is 17.1 Å². The molecule has 0 aromatic heterocycles. The molecule has 0 aliphatic carbocycles. The summed E-state index contributed by atoms with van der Waals surface area (Å²) >= 11 is 18.1. The lowest BCUT2D eigenvalue weighted by molar-refractivity contribution is -0.151. The van der Waals surface area contributed by atoms with Crippen molar-refractivity contribution in [3.8, 4) is 5.75 Å². The van der Waals surface area contributed by atoms with E-state index >= 15 is 0 Å². The molecule has 138 valence electrons. The topological polar surface area (TPSA) is 102 Å². The van der Waals surface area contributed by atoms with Crippen molar-refractivity contribution < 1.29 is 19.4 Å². The Hall–Kier alpha value is -2.15. The summed E-state index contributed by atoms with van der Waals surface area (Å²) in [7, 11) is 0. The summed E-state index contributed by atoms with van der Waals surface area (Å²) in [6.45, 7) is 1.36. The van der Waals surface area contributed by atoms with Crippen LogP contribution in [0.15, 0.2) is 42.5 Å². The lowest BCUT2D eigenvalue weighted by Crippen LogP contribution is -2.58. The second-order valence-corrected chi connectivity index (χ2v) is 6.65. The van der Waals surface area contributed by atoms with E-state index in [1.807, 2.05) is 0 Å². The third-order valence-electron chi connectivity index (χ3n) is 3.72. The number of hydrogen-bond donors (Lipinski definition) is 3. The Labute approximate surface area is 164 Å². The van der Waals surface area contributed by atoms with E-state index in [1.54, 1.807) is 30.3 Å². The van der Waals surface area contributed by atoms with E-state index in [1.165, 1.54) is 19.1 Å². The lowest BCUT2D eigenvalue weighted by Gasteiger charge is -2.38. The van der Waals surface area contributed by atoms with Gasteiger partial charge in [0, 0.05) is 5.56 Å². The minimum atomic E-state index is -1.88. The van der Waals surface area contributed by atoms with Crippen LogP contribution in [0.25, 0.3) is 0 Å². The maximum absolute atomic E-state index is 11.8. The van der Waals surface area contributed by atoms with Gasteiger partial charge in [-0.15, -0.1) is 0 Å². The molecule has 6 nitrogen and oxygen atoms in total. The van der Waals surface area contributed by atoms with Gasteiger partial charge in [-0.3, -0.25) is 10.1 Å². The first-order valence-corrected chi connectivity index (χ1v) is 8.50. The van der Waals surface area contributed by atoms with Crippen molar-refractivity contribution in [1.29, 1.82) is 0 Å². The minimum absolute atomic E-state index is 0.0686. The standard InChI is InChI=1S/C17H15Cl3N2O4/c1-9(15(23)24)17(22-16(21)25,26-11-5-3-2-4-6-11)10-7-12(18)14(20)13(19)8-10/h2-9H,1H3,(H,23,24)(H3,21,22,25). The van der Waals surface area contributed by atoms with Crippen LogP contribution >= 0.6 is 34.8 Å². The molecule has 0 aliphatic rings. The zero-order valence-corrected chi connectivity index (χ0v) is 15.8. The van der Waals surface area contributed by atoms with Crippen LogP contribution in [0.1, 0.15) is 12.5 Å². The van der Waals surface area contributed by atoms with Gasteiger partial charge in [-0.2, -0.15) is 0 Å². The minimum Gasteiger partial charge on any atom is -0.481 e. The first-order valence-electron chi connectivity index (χ1n) is 7.37. The Kier molecular flexibility index (Phi) is 6.23. The van der Waals surface area contributed by atoms with E-state index < -0.39 is 23.6 Å². The van der Waals surface area contributed by atoms with Crippen LogP contribution in [0, 0.1) is 5.92 Å². The largest absolute Gasteiger partial charge is 0.481 e. The van der Waals surface area contributed by atoms with E-state index in [9.17, 15) is 14.7 Å². The fraction of sp³-hybridized carbons (Fsp3) is 0.176. The van der Waals surface area contributed by atoms with Gasteiger partial charge >= 0.3 is 12.0 Å². The fourth-order valence-electron chi connectivity index (χ4n) is 2.40. The number of nitrogens with two attached hydrogens (primary N) is 1. The molecule has 2 rings (SSSR count). The van der Waals surface area contributed by atoms with Gasteiger partial charge in [-0.25, -0.2) is 4.79 Å². The van der Waals surface area contributed by atoms with Gasteiger partial charge in [0.15, 0.2) is 0 Å². The average Bonchev–Trinajstić information content (AvgIpc) is 2.58. The van der Waals surface area contributed by atoms with Crippen molar-refractivity contribution in [1.82, 2.24) is 5.32 Å². The van der Waals surface area contributed by atoms with E-state index in [-0.39, 0.29) is 20.6 Å². The molecule has 0 aliphatic heterocycles. The summed E-state index contributed by atoms with van der Waals surface area (Å²) in [5.74, 6) is -2.20. The molecule has 4 N–H and O–H groups in total. The second kappa shape index (κ2) is 8.03. The molecule has 2 aromatic rings. The number of benzene rings is 2. The number of nitrogens with one attached hydrogen (secondary N) is 1. The maximum atomic E-state index is 11.8. The van der Waals surface area contributed by atoms with Crippen molar-refractivity contribution in [2.45, 2.75) is 12.6 Å².